The number of nitrogens with one attached hydrogen (secondary N) is 1. The van der Waals surface area contributed by atoms with Gasteiger partial charge in [0.15, 0.2) is 0 Å². The second-order valence-electron chi connectivity index (χ2n) is 2.37. The molecule has 0 aliphatic carbocycles. The lowest BCUT2D eigenvalue weighted by Gasteiger charge is -2.00. The van der Waals surface area contributed by atoms with E-state index in [9.17, 15) is 0 Å². The van der Waals surface area contributed by atoms with Crippen LogP contribution in [-0.2, 0) is 6.54 Å². The smallest absolute Gasteiger partial charge is 0.144 e. The first-order chi connectivity index (χ1) is 6.45. The third-order valence-corrected chi connectivity index (χ3v) is 2.25. The summed E-state index contributed by atoms with van der Waals surface area (Å²) in [6, 6.07) is 0. The van der Waals surface area contributed by atoms with Gasteiger partial charge in [-0.05, 0) is 0 Å². The lowest BCUT2D eigenvalue weighted by atomic mass is 10.6. The van der Waals surface area contributed by atoms with Gasteiger partial charge in [0, 0.05) is 24.0 Å². The molecule has 0 aromatic carbocycles. The van der Waals surface area contributed by atoms with E-state index in [-0.39, 0.29) is 0 Å². The highest BCUT2D eigenvalue weighted by Crippen LogP contribution is 2.06. The average Bonchev–Trinajstić information content (AvgIpc) is 2.69. The molecular formula is C8H8N4S. The Kier molecular flexibility index (Phi) is 2.47. The fourth-order valence-corrected chi connectivity index (χ4v) is 1.45. The molecule has 0 aliphatic rings. The van der Waals surface area contributed by atoms with Crippen LogP contribution in [0.5, 0.6) is 0 Å². The van der Waals surface area contributed by atoms with Gasteiger partial charge in [-0.15, -0.1) is 11.3 Å². The van der Waals surface area contributed by atoms with Crippen molar-refractivity contribution in [3.05, 3.63) is 35.2 Å². The lowest BCUT2D eigenvalue weighted by molar-refractivity contribution is 1.06. The van der Waals surface area contributed by atoms with E-state index in [1.807, 2.05) is 5.38 Å². The summed E-state index contributed by atoms with van der Waals surface area (Å²) in [4.78, 5) is 12.2. The van der Waals surface area contributed by atoms with Crippen LogP contribution in [0, 0.1) is 0 Å². The molecule has 2 rings (SSSR count). The largest absolute Gasteiger partial charge is 0.362 e. The number of hydrogen-bond donors (Lipinski definition) is 1. The molecule has 13 heavy (non-hydrogen) atoms. The van der Waals surface area contributed by atoms with Crippen molar-refractivity contribution in [2.45, 2.75) is 6.54 Å². The van der Waals surface area contributed by atoms with Gasteiger partial charge in [0.05, 0.1) is 12.7 Å². The third kappa shape index (κ3) is 2.22. The first kappa shape index (κ1) is 8.12. The van der Waals surface area contributed by atoms with E-state index in [0.717, 1.165) is 10.8 Å². The van der Waals surface area contributed by atoms with Crippen LogP contribution in [0.25, 0.3) is 0 Å². The number of rotatable bonds is 3. The zero-order valence-corrected chi connectivity index (χ0v) is 7.66. The molecule has 2 aromatic heterocycles. The molecule has 0 aliphatic heterocycles. The highest BCUT2D eigenvalue weighted by molar-refractivity contribution is 7.09. The first-order valence-electron chi connectivity index (χ1n) is 3.83. The topological polar surface area (TPSA) is 50.7 Å². The second kappa shape index (κ2) is 3.95. The minimum Gasteiger partial charge on any atom is -0.362 e. The summed E-state index contributed by atoms with van der Waals surface area (Å²) in [5.41, 5.74) is 0. The Morgan fingerprint density at radius 3 is 2.92 bits per heavy atom. The van der Waals surface area contributed by atoms with Gasteiger partial charge in [0.2, 0.25) is 0 Å². The fraction of sp³-hybridized carbons (Fsp3) is 0.125. The predicted octanol–water partition coefficient (Wildman–Crippen LogP) is 1.55. The summed E-state index contributed by atoms with van der Waals surface area (Å²) in [7, 11) is 0. The molecule has 0 saturated carbocycles. The van der Waals surface area contributed by atoms with Crippen molar-refractivity contribution < 1.29 is 0 Å². The Morgan fingerprint density at radius 1 is 1.23 bits per heavy atom. The standard InChI is InChI=1S/C8H8N4S/c1-2-10-7(5-9-1)12-6-8-11-3-4-13-8/h1-5H,6H2,(H,10,12). The van der Waals surface area contributed by atoms with Crippen molar-refractivity contribution in [3.8, 4) is 0 Å². The van der Waals surface area contributed by atoms with Crippen molar-refractivity contribution in [3.63, 3.8) is 0 Å². The van der Waals surface area contributed by atoms with E-state index in [2.05, 4.69) is 20.3 Å². The Balaban J connectivity index is 1.94. The monoisotopic (exact) mass is 192 g/mol. The first-order valence-corrected chi connectivity index (χ1v) is 4.71. The van der Waals surface area contributed by atoms with E-state index in [0.29, 0.717) is 6.54 Å². The molecule has 0 bridgehead atoms. The maximum absolute atomic E-state index is 4.14. The van der Waals surface area contributed by atoms with Crippen molar-refractivity contribution >= 4 is 17.2 Å². The molecule has 0 unspecified atom stereocenters. The summed E-state index contributed by atoms with van der Waals surface area (Å²) in [6.07, 6.45) is 6.78. The number of anilines is 1. The van der Waals surface area contributed by atoms with Gasteiger partial charge in [-0.25, -0.2) is 9.97 Å². The predicted molar refractivity (Wildman–Crippen MR) is 51.5 cm³/mol. The molecule has 5 heteroatoms. The van der Waals surface area contributed by atoms with E-state index in [1.54, 1.807) is 36.1 Å². The van der Waals surface area contributed by atoms with Crippen LogP contribution in [0.2, 0.25) is 0 Å². The number of thiazole rings is 1. The highest BCUT2D eigenvalue weighted by atomic mass is 32.1. The van der Waals surface area contributed by atoms with Crippen molar-refractivity contribution in [1.29, 1.82) is 0 Å². The van der Waals surface area contributed by atoms with Crippen LogP contribution in [-0.4, -0.2) is 15.0 Å². The van der Waals surface area contributed by atoms with Gasteiger partial charge in [-0.3, -0.25) is 4.98 Å². The normalized spacial score (nSPS) is 9.85. The Labute approximate surface area is 79.7 Å². The molecule has 2 aromatic rings. The van der Waals surface area contributed by atoms with Gasteiger partial charge in [-0.2, -0.15) is 0 Å². The molecule has 4 nitrogen and oxygen atoms in total. The van der Waals surface area contributed by atoms with Crippen LogP contribution < -0.4 is 5.32 Å². The summed E-state index contributed by atoms with van der Waals surface area (Å²) in [6.45, 7) is 0.705. The quantitative estimate of drug-likeness (QED) is 0.801. The van der Waals surface area contributed by atoms with Crippen molar-refractivity contribution in [2.75, 3.05) is 5.32 Å². The number of aromatic nitrogens is 3. The molecule has 66 valence electrons. The molecule has 0 spiro atoms. The third-order valence-electron chi connectivity index (χ3n) is 1.47. The summed E-state index contributed by atoms with van der Waals surface area (Å²) in [5.74, 6) is 0.776. The maximum atomic E-state index is 4.14. The van der Waals surface area contributed by atoms with Gasteiger partial charge < -0.3 is 5.32 Å². The fourth-order valence-electron chi connectivity index (χ4n) is 0.897. The summed E-state index contributed by atoms with van der Waals surface area (Å²) in [5, 5.41) is 6.12. The molecule has 0 saturated heterocycles. The summed E-state index contributed by atoms with van der Waals surface area (Å²) < 4.78 is 0. The number of nitrogens with zero attached hydrogens (tertiary/aromatic N) is 3. The zero-order chi connectivity index (χ0) is 8.93. The van der Waals surface area contributed by atoms with Crippen LogP contribution in [0.4, 0.5) is 5.82 Å². The Hall–Kier alpha value is -1.49. The van der Waals surface area contributed by atoms with Crippen LogP contribution in [0.15, 0.2) is 30.2 Å². The lowest BCUT2D eigenvalue weighted by Crippen LogP contribution is -2.00. The van der Waals surface area contributed by atoms with E-state index < -0.39 is 0 Å². The van der Waals surface area contributed by atoms with Crippen LogP contribution in [0.3, 0.4) is 0 Å². The van der Waals surface area contributed by atoms with Crippen molar-refractivity contribution in [2.24, 2.45) is 0 Å². The SMILES string of the molecule is c1cnc(NCc2nccs2)cn1. The van der Waals surface area contributed by atoms with E-state index >= 15 is 0 Å². The van der Waals surface area contributed by atoms with E-state index in [4.69, 9.17) is 0 Å². The van der Waals surface area contributed by atoms with Crippen molar-refractivity contribution in [1.82, 2.24) is 15.0 Å². The molecule has 0 atom stereocenters. The van der Waals surface area contributed by atoms with Gasteiger partial charge in [0.1, 0.15) is 10.8 Å². The minimum absolute atomic E-state index is 0.705. The molecule has 0 amide bonds. The van der Waals surface area contributed by atoms with Crippen LogP contribution in [0.1, 0.15) is 5.01 Å². The Bertz CT molecular complexity index is 346. The molecule has 2 heterocycles. The Morgan fingerprint density at radius 2 is 2.23 bits per heavy atom. The number of hydrogen-bond acceptors (Lipinski definition) is 5. The minimum atomic E-state index is 0.705. The molecular weight excluding hydrogens is 184 g/mol. The highest BCUT2D eigenvalue weighted by Gasteiger charge is 1.95. The average molecular weight is 192 g/mol. The second-order valence-corrected chi connectivity index (χ2v) is 3.35. The summed E-state index contributed by atoms with van der Waals surface area (Å²) >= 11 is 1.62. The molecule has 0 radical (unpaired) electrons. The zero-order valence-electron chi connectivity index (χ0n) is 6.84. The van der Waals surface area contributed by atoms with Gasteiger partial charge in [0.25, 0.3) is 0 Å². The molecule has 1 N–H and O–H groups in total. The van der Waals surface area contributed by atoms with Crippen LogP contribution >= 0.6 is 11.3 Å². The van der Waals surface area contributed by atoms with Gasteiger partial charge in [-0.1, -0.05) is 0 Å². The van der Waals surface area contributed by atoms with E-state index in [1.165, 1.54) is 0 Å². The maximum Gasteiger partial charge on any atom is 0.144 e. The molecule has 0 fully saturated rings. The van der Waals surface area contributed by atoms with Gasteiger partial charge >= 0.3 is 0 Å².